The van der Waals surface area contributed by atoms with Gasteiger partial charge in [0.05, 0.1) is 6.61 Å². The van der Waals surface area contributed by atoms with E-state index in [2.05, 4.69) is 75.0 Å². The first kappa shape index (κ1) is 25.0. The van der Waals surface area contributed by atoms with E-state index in [-0.39, 0.29) is 11.3 Å². The average Bonchev–Trinajstić information content (AvgIpc) is 3.28. The van der Waals surface area contributed by atoms with Crippen molar-refractivity contribution in [2.45, 2.75) is 57.7 Å². The summed E-state index contributed by atoms with van der Waals surface area (Å²) in [5.41, 5.74) is 4.83. The summed E-state index contributed by atoms with van der Waals surface area (Å²) in [7, 11) is 4.26. The Hall–Kier alpha value is -2.08. The van der Waals surface area contributed by atoms with Crippen LogP contribution < -0.4 is 4.90 Å². The highest BCUT2D eigenvalue weighted by Crippen LogP contribution is 2.31. The van der Waals surface area contributed by atoms with Crippen molar-refractivity contribution < 1.29 is 9.53 Å². The minimum atomic E-state index is -0.463. The highest BCUT2D eigenvalue weighted by Gasteiger charge is 2.32. The number of likely N-dealkylation sites (N-methyl/N-ethyl adjacent to an activating group) is 1. The van der Waals surface area contributed by atoms with Gasteiger partial charge in [0.25, 0.3) is 5.91 Å². The number of carbonyl (C=O) groups excluding carboxylic acids is 1. The Morgan fingerprint density at radius 3 is 2.47 bits per heavy atom. The number of benzene rings is 2. The fraction of sp³-hybridized carbons (Fsp3) is 0.536. The van der Waals surface area contributed by atoms with Gasteiger partial charge in [-0.25, -0.2) is 0 Å². The van der Waals surface area contributed by atoms with Crippen molar-refractivity contribution in [1.82, 2.24) is 9.80 Å². The van der Waals surface area contributed by atoms with Crippen LogP contribution >= 0.6 is 11.6 Å². The second-order valence-corrected chi connectivity index (χ2v) is 11.3. The quantitative estimate of drug-likeness (QED) is 0.594. The standard InChI is InChI=1S/C28H38ClN3O2/c1-28(2,3)22-9-6-20(7-10-22)18-32-14-15-34-26(27(32)33)16-21-8-11-23(29)17-25(21)31-13-12-24(19-31)30(4)5/h6-11,17,24,26H,12-16,18-19H2,1-5H3. The molecule has 184 valence electrons. The fourth-order valence-corrected chi connectivity index (χ4v) is 5.08. The molecule has 0 spiro atoms. The fourth-order valence-electron chi connectivity index (χ4n) is 4.91. The molecule has 2 aliphatic heterocycles. The van der Waals surface area contributed by atoms with Crippen LogP contribution in [0.5, 0.6) is 0 Å². The molecule has 5 nitrogen and oxygen atoms in total. The zero-order valence-corrected chi connectivity index (χ0v) is 21.9. The number of nitrogens with zero attached hydrogens (tertiary/aromatic N) is 3. The summed E-state index contributed by atoms with van der Waals surface area (Å²) in [6.45, 7) is 10.4. The lowest BCUT2D eigenvalue weighted by Gasteiger charge is -2.33. The molecule has 0 N–H and O–H groups in total. The van der Waals surface area contributed by atoms with Gasteiger partial charge in [-0.2, -0.15) is 0 Å². The predicted molar refractivity (Wildman–Crippen MR) is 140 cm³/mol. The third kappa shape index (κ3) is 5.76. The zero-order chi connectivity index (χ0) is 24.5. The molecule has 0 aliphatic carbocycles. The third-order valence-corrected chi connectivity index (χ3v) is 7.38. The monoisotopic (exact) mass is 483 g/mol. The van der Waals surface area contributed by atoms with Gasteiger partial charge in [0.15, 0.2) is 0 Å². The van der Waals surface area contributed by atoms with Crippen molar-refractivity contribution in [1.29, 1.82) is 0 Å². The largest absolute Gasteiger partial charge is 0.370 e. The summed E-state index contributed by atoms with van der Waals surface area (Å²) in [5.74, 6) is 0.0691. The number of amides is 1. The van der Waals surface area contributed by atoms with E-state index in [0.29, 0.717) is 32.2 Å². The van der Waals surface area contributed by atoms with Crippen LogP contribution in [0.2, 0.25) is 5.02 Å². The molecular weight excluding hydrogens is 446 g/mol. The molecule has 0 aromatic heterocycles. The molecule has 2 saturated heterocycles. The molecule has 0 radical (unpaired) electrons. The van der Waals surface area contributed by atoms with Gasteiger partial charge in [0.1, 0.15) is 6.10 Å². The molecule has 0 saturated carbocycles. The van der Waals surface area contributed by atoms with Gasteiger partial charge in [0, 0.05) is 49.4 Å². The van der Waals surface area contributed by atoms with Crippen molar-refractivity contribution in [3.8, 4) is 0 Å². The van der Waals surface area contributed by atoms with E-state index in [1.807, 2.05) is 17.0 Å². The minimum absolute atomic E-state index is 0.0691. The van der Waals surface area contributed by atoms with Crippen molar-refractivity contribution in [2.75, 3.05) is 45.2 Å². The highest BCUT2D eigenvalue weighted by atomic mass is 35.5. The Labute approximate surface area is 209 Å². The number of carbonyl (C=O) groups is 1. The minimum Gasteiger partial charge on any atom is -0.370 e. The molecule has 2 heterocycles. The van der Waals surface area contributed by atoms with E-state index in [1.165, 1.54) is 5.56 Å². The Morgan fingerprint density at radius 2 is 1.82 bits per heavy atom. The molecule has 2 atom stereocenters. The topological polar surface area (TPSA) is 36.0 Å². The van der Waals surface area contributed by atoms with Gasteiger partial charge in [-0.3, -0.25) is 4.79 Å². The summed E-state index contributed by atoms with van der Waals surface area (Å²) in [4.78, 5) is 20.0. The van der Waals surface area contributed by atoms with E-state index in [4.69, 9.17) is 16.3 Å². The number of morpholine rings is 1. The van der Waals surface area contributed by atoms with Crippen LogP contribution in [0.25, 0.3) is 0 Å². The molecule has 0 bridgehead atoms. The maximum absolute atomic E-state index is 13.4. The first-order valence-electron chi connectivity index (χ1n) is 12.3. The molecule has 4 rings (SSSR count). The van der Waals surface area contributed by atoms with Crippen LogP contribution in [0.15, 0.2) is 42.5 Å². The van der Waals surface area contributed by atoms with Gasteiger partial charge >= 0.3 is 0 Å². The maximum Gasteiger partial charge on any atom is 0.252 e. The maximum atomic E-state index is 13.4. The second kappa shape index (κ2) is 10.3. The van der Waals surface area contributed by atoms with Gasteiger partial charge in [-0.15, -0.1) is 0 Å². The number of rotatable bonds is 6. The van der Waals surface area contributed by atoms with Gasteiger partial charge < -0.3 is 19.4 Å². The molecule has 34 heavy (non-hydrogen) atoms. The third-order valence-electron chi connectivity index (χ3n) is 7.15. The van der Waals surface area contributed by atoms with Gasteiger partial charge in [-0.1, -0.05) is 62.7 Å². The number of hydrogen-bond acceptors (Lipinski definition) is 4. The zero-order valence-electron chi connectivity index (χ0n) is 21.2. The first-order valence-corrected chi connectivity index (χ1v) is 12.7. The van der Waals surface area contributed by atoms with Crippen LogP contribution in [-0.4, -0.2) is 68.2 Å². The van der Waals surface area contributed by atoms with E-state index >= 15 is 0 Å². The summed E-state index contributed by atoms with van der Waals surface area (Å²) in [6, 6.07) is 15.2. The van der Waals surface area contributed by atoms with E-state index < -0.39 is 6.10 Å². The lowest BCUT2D eigenvalue weighted by molar-refractivity contribution is -0.153. The van der Waals surface area contributed by atoms with Gasteiger partial charge in [0.2, 0.25) is 0 Å². The molecule has 2 aromatic rings. The Balaban J connectivity index is 1.46. The Kier molecular flexibility index (Phi) is 7.56. The van der Waals surface area contributed by atoms with Crippen molar-refractivity contribution in [3.63, 3.8) is 0 Å². The number of ether oxygens (including phenoxy) is 1. The molecule has 2 unspecified atom stereocenters. The van der Waals surface area contributed by atoms with Gasteiger partial charge in [-0.05, 0) is 54.8 Å². The Morgan fingerprint density at radius 1 is 1.09 bits per heavy atom. The predicted octanol–water partition coefficient (Wildman–Crippen LogP) is 4.75. The van der Waals surface area contributed by atoms with Crippen molar-refractivity contribution in [3.05, 3.63) is 64.2 Å². The summed E-state index contributed by atoms with van der Waals surface area (Å²) < 4.78 is 5.98. The summed E-state index contributed by atoms with van der Waals surface area (Å²) >= 11 is 6.37. The van der Waals surface area contributed by atoms with E-state index in [0.717, 1.165) is 41.3 Å². The average molecular weight is 484 g/mol. The summed E-state index contributed by atoms with van der Waals surface area (Å²) in [6.07, 6.45) is 1.22. The first-order chi connectivity index (χ1) is 16.1. The van der Waals surface area contributed by atoms with Crippen LogP contribution in [0.1, 0.15) is 43.9 Å². The van der Waals surface area contributed by atoms with Crippen molar-refractivity contribution >= 4 is 23.2 Å². The normalized spacial score (nSPS) is 21.6. The molecule has 2 aliphatic rings. The molecule has 2 aromatic carbocycles. The highest BCUT2D eigenvalue weighted by molar-refractivity contribution is 6.30. The van der Waals surface area contributed by atoms with Crippen LogP contribution in [-0.2, 0) is 27.9 Å². The molecule has 6 heteroatoms. The number of hydrogen-bond donors (Lipinski definition) is 0. The van der Waals surface area contributed by atoms with Crippen LogP contribution in [0.4, 0.5) is 5.69 Å². The second-order valence-electron chi connectivity index (χ2n) is 10.9. The van der Waals surface area contributed by atoms with Crippen LogP contribution in [0.3, 0.4) is 0 Å². The lowest BCUT2D eigenvalue weighted by atomic mass is 9.87. The molecular formula is C28H38ClN3O2. The lowest BCUT2D eigenvalue weighted by Crippen LogP contribution is -2.48. The van der Waals surface area contributed by atoms with Crippen LogP contribution in [0, 0.1) is 0 Å². The smallest absolute Gasteiger partial charge is 0.252 e. The Bertz CT molecular complexity index is 1000. The van der Waals surface area contributed by atoms with E-state index in [1.54, 1.807) is 0 Å². The number of anilines is 1. The SMILES string of the molecule is CN(C)C1CCN(c2cc(Cl)ccc2CC2OCCN(Cc3ccc(C(C)(C)C)cc3)C2=O)C1. The summed E-state index contributed by atoms with van der Waals surface area (Å²) in [5, 5.41) is 0.725. The molecule has 1 amide bonds. The number of halogens is 1. The molecule has 2 fully saturated rings. The van der Waals surface area contributed by atoms with Crippen molar-refractivity contribution in [2.24, 2.45) is 0 Å². The van der Waals surface area contributed by atoms with E-state index in [9.17, 15) is 4.79 Å².